The number of hydroxylamine groups is 2. The molecule has 57 heavy (non-hydrogen) atoms. The summed E-state index contributed by atoms with van der Waals surface area (Å²) in [6, 6.07) is 2.39. The van der Waals surface area contributed by atoms with E-state index in [4.69, 9.17) is 9.57 Å². The maximum absolute atomic E-state index is 14.3. The van der Waals surface area contributed by atoms with Crippen molar-refractivity contribution >= 4 is 35.4 Å². The van der Waals surface area contributed by atoms with Gasteiger partial charge in [-0.25, -0.2) is 10.5 Å². The van der Waals surface area contributed by atoms with Gasteiger partial charge in [0.2, 0.25) is 11.8 Å². The molecule has 2 aliphatic heterocycles. The van der Waals surface area contributed by atoms with Gasteiger partial charge in [0.05, 0.1) is 19.1 Å². The van der Waals surface area contributed by atoms with E-state index in [9.17, 15) is 39.0 Å². The molecular weight excluding hydrogens is 734 g/mol. The summed E-state index contributed by atoms with van der Waals surface area (Å²) in [6.45, 7) is 8.41. The lowest BCUT2D eigenvalue weighted by molar-refractivity contribution is -0.162. The molecule has 6 atom stereocenters. The number of carbonyl (C=O) groups excluding carboxylic acids is 6. The molecule has 2 bridgehead atoms. The lowest BCUT2D eigenvalue weighted by Gasteiger charge is -2.36. The van der Waals surface area contributed by atoms with Gasteiger partial charge in [0.15, 0.2) is 0 Å². The maximum atomic E-state index is 14.3. The molecule has 3 rings (SSSR count). The van der Waals surface area contributed by atoms with Crippen LogP contribution in [0.15, 0.2) is 84.0 Å². The molecule has 2 aliphatic rings. The summed E-state index contributed by atoms with van der Waals surface area (Å²) in [5.41, 5.74) is 4.28. The van der Waals surface area contributed by atoms with Crippen LogP contribution in [0.1, 0.15) is 78.3 Å². The van der Waals surface area contributed by atoms with Crippen LogP contribution >= 0.6 is 0 Å². The number of rotatable bonds is 9. The second kappa shape index (κ2) is 22.4. The first-order chi connectivity index (χ1) is 27.0. The van der Waals surface area contributed by atoms with Crippen molar-refractivity contribution in [1.82, 2.24) is 26.1 Å². The van der Waals surface area contributed by atoms with E-state index in [-0.39, 0.29) is 42.9 Å². The SMILES string of the molecule is CON(C)C(=O)/C=C/C=C(\C)[C@@H]1C/C=C/C=C/C=C(\C)[C@@H](O)[C@@H](CCC(C)=O)C(=O)N[C@@H](C(C)C)C(=O)NC(c2cccc(O)c2)C(=O)N2CCCC(N2)C(=O)O1. The van der Waals surface area contributed by atoms with Crippen LogP contribution in [0.25, 0.3) is 0 Å². The van der Waals surface area contributed by atoms with E-state index in [1.54, 1.807) is 70.2 Å². The van der Waals surface area contributed by atoms with Gasteiger partial charge in [0, 0.05) is 32.5 Å². The Bertz CT molecular complexity index is 1770. The number of phenols is 1. The Morgan fingerprint density at radius 1 is 1.09 bits per heavy atom. The minimum Gasteiger partial charge on any atom is -0.508 e. The number of Topliss-reactive ketones (excluding diaryl/α,β-unsaturated/α-hetero) is 1. The molecule has 0 spiro atoms. The van der Waals surface area contributed by atoms with Crippen LogP contribution in [0.3, 0.4) is 0 Å². The second-order valence-corrected chi connectivity index (χ2v) is 14.5. The highest BCUT2D eigenvalue weighted by molar-refractivity contribution is 5.93. The van der Waals surface area contributed by atoms with E-state index < -0.39 is 71.8 Å². The average molecular weight is 792 g/mol. The number of phenolic OH excluding ortho intramolecular Hbond substituents is 1. The maximum Gasteiger partial charge on any atom is 0.325 e. The number of fused-ring (bicyclic) bond motifs is 2. The van der Waals surface area contributed by atoms with Crippen LogP contribution in [0.2, 0.25) is 0 Å². The van der Waals surface area contributed by atoms with Gasteiger partial charge in [-0.15, -0.1) is 0 Å². The lowest BCUT2D eigenvalue weighted by atomic mass is 9.89. The Morgan fingerprint density at radius 3 is 2.49 bits per heavy atom. The standard InChI is InChI=1S/C42H57N5O10/c1-26(2)36-40(53)44-37(30-17-13-18-31(49)25-30)41(54)47-24-14-19-33(45-47)42(55)57-34(27(3)16-12-21-35(50)46(6)56-7)20-11-9-8-10-15-28(4)38(51)32(39(52)43-36)23-22-29(5)48/h8-13,15-18,21,25-26,32-34,36-38,45,49,51H,14,19-20,22-24H2,1-7H3,(H,43,52)(H,44,53)/b10-8+,11-9+,21-12+,27-16+,28-15+/t32-,33?,34+,36+,37?,38-/m1/s1. The number of aromatic hydroxyl groups is 1. The van der Waals surface area contributed by atoms with Crippen LogP contribution in [0, 0.1) is 11.8 Å². The van der Waals surface area contributed by atoms with Crippen LogP contribution < -0.4 is 16.1 Å². The van der Waals surface area contributed by atoms with Gasteiger partial charge in [-0.2, -0.15) is 0 Å². The molecular formula is C42H57N5O10. The Kier molecular flexibility index (Phi) is 18.1. The molecule has 1 fully saturated rings. The summed E-state index contributed by atoms with van der Waals surface area (Å²) < 4.78 is 6.00. The smallest absolute Gasteiger partial charge is 0.325 e. The number of ether oxygens (including phenoxy) is 1. The number of hydrogen-bond acceptors (Lipinski definition) is 11. The molecule has 2 unspecified atom stereocenters. The molecule has 4 amide bonds. The zero-order chi connectivity index (χ0) is 42.2. The highest BCUT2D eigenvalue weighted by atomic mass is 16.7. The van der Waals surface area contributed by atoms with Gasteiger partial charge in [0.1, 0.15) is 35.8 Å². The van der Waals surface area contributed by atoms with Gasteiger partial charge in [-0.1, -0.05) is 68.5 Å². The summed E-state index contributed by atoms with van der Waals surface area (Å²) in [5, 5.41) is 29.5. The number of hydrazine groups is 1. The number of allylic oxidation sites excluding steroid dienone is 6. The molecule has 0 radical (unpaired) electrons. The molecule has 0 aromatic heterocycles. The van der Waals surface area contributed by atoms with Gasteiger partial charge in [-0.05, 0) is 74.8 Å². The molecule has 1 aromatic carbocycles. The third-order valence-electron chi connectivity index (χ3n) is 9.73. The molecule has 5 N–H and O–H groups in total. The molecule has 15 nitrogen and oxygen atoms in total. The minimum absolute atomic E-state index is 0.0212. The Balaban J connectivity index is 2.09. The summed E-state index contributed by atoms with van der Waals surface area (Å²) in [5.74, 6) is -4.87. The summed E-state index contributed by atoms with van der Waals surface area (Å²) in [7, 11) is 2.83. The van der Waals surface area contributed by atoms with Crippen molar-refractivity contribution in [2.75, 3.05) is 20.7 Å². The quantitative estimate of drug-likeness (QED) is 0.106. The fourth-order valence-corrected chi connectivity index (χ4v) is 6.18. The number of cyclic esters (lactones) is 1. The van der Waals surface area contributed by atoms with Crippen LogP contribution in [0.5, 0.6) is 5.75 Å². The number of benzene rings is 1. The van der Waals surface area contributed by atoms with Gasteiger partial charge >= 0.3 is 5.97 Å². The van der Waals surface area contributed by atoms with Crippen molar-refractivity contribution in [3.8, 4) is 5.75 Å². The number of esters is 1. The fraction of sp³-hybridized carbons (Fsp3) is 0.476. The van der Waals surface area contributed by atoms with Crippen molar-refractivity contribution in [3.05, 3.63) is 89.6 Å². The second-order valence-electron chi connectivity index (χ2n) is 14.5. The van der Waals surface area contributed by atoms with E-state index in [1.165, 1.54) is 56.4 Å². The predicted octanol–water partition coefficient (Wildman–Crippen LogP) is 3.43. The molecule has 15 heteroatoms. The van der Waals surface area contributed by atoms with Crippen molar-refractivity contribution in [2.45, 2.75) is 97.1 Å². The third kappa shape index (κ3) is 13.9. The first kappa shape index (κ1) is 46.0. The van der Waals surface area contributed by atoms with Crippen molar-refractivity contribution in [3.63, 3.8) is 0 Å². The Labute approximate surface area is 334 Å². The molecule has 0 saturated carbocycles. The zero-order valence-electron chi connectivity index (χ0n) is 33.8. The van der Waals surface area contributed by atoms with Gasteiger partial charge in [-0.3, -0.25) is 33.8 Å². The highest BCUT2D eigenvalue weighted by Crippen LogP contribution is 2.25. The number of amides is 4. The van der Waals surface area contributed by atoms with E-state index in [0.717, 1.165) is 5.06 Å². The first-order valence-electron chi connectivity index (χ1n) is 19.1. The largest absolute Gasteiger partial charge is 0.508 e. The zero-order valence-corrected chi connectivity index (χ0v) is 33.8. The van der Waals surface area contributed by atoms with Crippen molar-refractivity contribution in [1.29, 1.82) is 0 Å². The number of hydrogen-bond donors (Lipinski definition) is 5. The minimum atomic E-state index is -1.35. The third-order valence-corrected chi connectivity index (χ3v) is 9.73. The van der Waals surface area contributed by atoms with E-state index in [0.29, 0.717) is 24.0 Å². The number of ketones is 1. The molecule has 2 heterocycles. The van der Waals surface area contributed by atoms with Gasteiger partial charge in [0.25, 0.3) is 11.8 Å². The van der Waals surface area contributed by atoms with Crippen molar-refractivity contribution < 1.29 is 48.6 Å². The van der Waals surface area contributed by atoms with E-state index in [2.05, 4.69) is 16.1 Å². The molecule has 1 saturated heterocycles. The average Bonchev–Trinajstić information content (AvgIpc) is 3.18. The van der Waals surface area contributed by atoms with Crippen molar-refractivity contribution in [2.24, 2.45) is 11.8 Å². The summed E-state index contributed by atoms with van der Waals surface area (Å²) >= 11 is 0. The Morgan fingerprint density at radius 2 is 1.82 bits per heavy atom. The number of nitrogens with zero attached hydrogens (tertiary/aromatic N) is 2. The van der Waals surface area contributed by atoms with Crippen LogP contribution in [-0.2, 0) is 38.3 Å². The number of carbonyl (C=O) groups is 6. The topological polar surface area (TPSA) is 204 Å². The Hall–Kier alpha value is -5.38. The number of nitrogens with one attached hydrogen (secondary N) is 3. The fourth-order valence-electron chi connectivity index (χ4n) is 6.18. The van der Waals surface area contributed by atoms with Crippen LogP contribution in [0.4, 0.5) is 0 Å². The normalized spacial score (nSPS) is 26.9. The summed E-state index contributed by atoms with van der Waals surface area (Å²) in [4.78, 5) is 84.9. The number of likely N-dealkylation sites (N-methyl/N-ethyl adjacent to an activating group) is 1. The number of aliphatic hydroxyl groups is 1. The van der Waals surface area contributed by atoms with Crippen LogP contribution in [-0.4, -0.2) is 101 Å². The van der Waals surface area contributed by atoms with Gasteiger partial charge < -0.3 is 30.4 Å². The lowest BCUT2D eigenvalue weighted by Crippen LogP contribution is -2.59. The molecule has 1 aromatic rings. The predicted molar refractivity (Wildman–Crippen MR) is 212 cm³/mol. The van der Waals surface area contributed by atoms with E-state index in [1.807, 2.05) is 0 Å². The number of aliphatic hydroxyl groups excluding tert-OH is 1. The highest BCUT2D eigenvalue weighted by Gasteiger charge is 2.38. The summed E-state index contributed by atoms with van der Waals surface area (Å²) in [6.07, 6.45) is 12.0. The van der Waals surface area contributed by atoms with E-state index >= 15 is 0 Å². The molecule has 0 aliphatic carbocycles. The molecule has 310 valence electrons. The monoisotopic (exact) mass is 791 g/mol. The first-order valence-corrected chi connectivity index (χ1v) is 19.1.